The predicted octanol–water partition coefficient (Wildman–Crippen LogP) is 2.80. The maximum atomic E-state index is 12.1. The van der Waals surface area contributed by atoms with Crippen LogP contribution in [0.15, 0.2) is 42.5 Å². The van der Waals surface area contributed by atoms with E-state index in [1.165, 1.54) is 18.2 Å². The van der Waals surface area contributed by atoms with E-state index < -0.39 is 15.9 Å². The molecule has 0 aliphatic rings. The van der Waals surface area contributed by atoms with Crippen LogP contribution in [0.25, 0.3) is 0 Å². The number of hydrogen-bond donors (Lipinski definition) is 3. The zero-order valence-electron chi connectivity index (χ0n) is 14.5. The molecule has 140 valence electrons. The second-order valence-electron chi connectivity index (χ2n) is 6.19. The van der Waals surface area contributed by atoms with Crippen LogP contribution < -0.4 is 10.0 Å². The van der Waals surface area contributed by atoms with Crippen molar-refractivity contribution >= 4 is 27.5 Å². The van der Waals surface area contributed by atoms with Gasteiger partial charge in [-0.1, -0.05) is 35.9 Å². The average molecular weight is 397 g/mol. The van der Waals surface area contributed by atoms with Crippen molar-refractivity contribution in [2.24, 2.45) is 0 Å². The molecular weight excluding hydrogens is 376 g/mol. The van der Waals surface area contributed by atoms with Gasteiger partial charge in [-0.25, -0.2) is 13.1 Å². The highest BCUT2D eigenvalue weighted by atomic mass is 35.5. The minimum atomic E-state index is -3.38. The van der Waals surface area contributed by atoms with E-state index in [9.17, 15) is 18.3 Å². The van der Waals surface area contributed by atoms with Crippen LogP contribution in [0.5, 0.6) is 5.75 Å². The minimum Gasteiger partial charge on any atom is -0.507 e. The summed E-state index contributed by atoms with van der Waals surface area (Å²) in [4.78, 5) is 12.1. The monoisotopic (exact) mass is 396 g/mol. The Bertz CT molecular complexity index is 881. The molecule has 6 nitrogen and oxygen atoms in total. The first-order valence-electron chi connectivity index (χ1n) is 8.01. The Balaban J connectivity index is 1.97. The smallest absolute Gasteiger partial charge is 0.255 e. The molecule has 2 aromatic rings. The highest BCUT2D eigenvalue weighted by Crippen LogP contribution is 2.21. The summed E-state index contributed by atoms with van der Waals surface area (Å²) in [5, 5.41) is 12.8. The number of rotatable bonds is 7. The Morgan fingerprint density at radius 1 is 1.12 bits per heavy atom. The van der Waals surface area contributed by atoms with E-state index in [2.05, 4.69) is 10.0 Å². The second kappa shape index (κ2) is 8.53. The van der Waals surface area contributed by atoms with Crippen molar-refractivity contribution in [3.05, 3.63) is 64.2 Å². The zero-order chi connectivity index (χ0) is 19.3. The van der Waals surface area contributed by atoms with Crippen LogP contribution in [0.3, 0.4) is 0 Å². The number of phenolic OH excluding ortho intramolecular Hbond substituents is 1. The number of phenols is 1. The molecule has 0 saturated carbocycles. The molecule has 0 atom stereocenters. The van der Waals surface area contributed by atoms with E-state index in [0.29, 0.717) is 10.6 Å². The number of nitrogens with one attached hydrogen (secondary N) is 2. The lowest BCUT2D eigenvalue weighted by Crippen LogP contribution is -2.31. The summed E-state index contributed by atoms with van der Waals surface area (Å²) in [5.41, 5.74) is 1.55. The fraction of sp³-hybridized carbons (Fsp3) is 0.278. The van der Waals surface area contributed by atoms with Crippen LogP contribution in [0.4, 0.5) is 0 Å². The standard InChI is InChI=1S/C18H21ClN2O4S/c1-12(2)21-26(24,25)11-14-5-3-13(4-6-14)10-20-18(23)16-9-15(19)7-8-17(16)22/h3-9,12,21-22H,10-11H2,1-2H3,(H,20,23). The molecule has 3 N–H and O–H groups in total. The van der Waals surface area contributed by atoms with Gasteiger partial charge in [0, 0.05) is 17.6 Å². The Kier molecular flexibility index (Phi) is 6.63. The van der Waals surface area contributed by atoms with Gasteiger partial charge in [0.05, 0.1) is 11.3 Å². The highest BCUT2D eigenvalue weighted by molar-refractivity contribution is 7.88. The molecule has 2 rings (SSSR count). The first-order valence-corrected chi connectivity index (χ1v) is 10.0. The summed E-state index contributed by atoms with van der Waals surface area (Å²) < 4.78 is 26.4. The van der Waals surface area contributed by atoms with Gasteiger partial charge >= 0.3 is 0 Å². The number of sulfonamides is 1. The number of aromatic hydroxyl groups is 1. The van der Waals surface area contributed by atoms with Gasteiger partial charge in [-0.15, -0.1) is 0 Å². The predicted molar refractivity (Wildman–Crippen MR) is 102 cm³/mol. The molecule has 0 aromatic heterocycles. The minimum absolute atomic E-state index is 0.0972. The van der Waals surface area contributed by atoms with Crippen LogP contribution in [0.2, 0.25) is 5.02 Å². The van der Waals surface area contributed by atoms with Gasteiger partial charge in [0.2, 0.25) is 10.0 Å². The summed E-state index contributed by atoms with van der Waals surface area (Å²) in [6, 6.07) is 11.0. The van der Waals surface area contributed by atoms with Crippen molar-refractivity contribution in [1.29, 1.82) is 0 Å². The maximum Gasteiger partial charge on any atom is 0.255 e. The molecule has 26 heavy (non-hydrogen) atoms. The molecule has 0 fully saturated rings. The van der Waals surface area contributed by atoms with Crippen molar-refractivity contribution in [1.82, 2.24) is 10.0 Å². The molecule has 2 aromatic carbocycles. The van der Waals surface area contributed by atoms with Gasteiger partial charge < -0.3 is 10.4 Å². The summed E-state index contributed by atoms with van der Waals surface area (Å²) in [6.07, 6.45) is 0. The van der Waals surface area contributed by atoms with Crippen LogP contribution in [0, 0.1) is 0 Å². The van der Waals surface area contributed by atoms with Crippen LogP contribution >= 0.6 is 11.6 Å². The third-order valence-corrected chi connectivity index (χ3v) is 5.23. The molecule has 0 spiro atoms. The molecule has 0 saturated heterocycles. The lowest BCUT2D eigenvalue weighted by Gasteiger charge is -2.10. The van der Waals surface area contributed by atoms with Crippen LogP contribution in [-0.2, 0) is 22.3 Å². The topological polar surface area (TPSA) is 95.5 Å². The molecule has 1 amide bonds. The van der Waals surface area contributed by atoms with Crippen molar-refractivity contribution in [2.75, 3.05) is 0 Å². The Morgan fingerprint density at radius 3 is 2.35 bits per heavy atom. The Hall–Kier alpha value is -2.09. The molecule has 0 unspecified atom stereocenters. The highest BCUT2D eigenvalue weighted by Gasteiger charge is 2.14. The summed E-state index contributed by atoms with van der Waals surface area (Å²) in [6.45, 7) is 3.77. The van der Waals surface area contributed by atoms with Crippen LogP contribution in [-0.4, -0.2) is 25.5 Å². The van der Waals surface area contributed by atoms with Gasteiger partial charge in [0.25, 0.3) is 5.91 Å². The van der Waals surface area contributed by atoms with Gasteiger partial charge in [0.15, 0.2) is 0 Å². The first kappa shape index (κ1) is 20.2. The van der Waals surface area contributed by atoms with Crippen LogP contribution in [0.1, 0.15) is 35.3 Å². The quantitative estimate of drug-likeness (QED) is 0.670. The fourth-order valence-electron chi connectivity index (χ4n) is 2.34. The molecule has 0 heterocycles. The van der Waals surface area contributed by atoms with Gasteiger partial charge in [-0.05, 0) is 43.2 Å². The van der Waals surface area contributed by atoms with Gasteiger partial charge in [-0.3, -0.25) is 4.79 Å². The molecule has 8 heteroatoms. The fourth-order valence-corrected chi connectivity index (χ4v) is 3.95. The van der Waals surface area contributed by atoms with Crippen molar-refractivity contribution in [2.45, 2.75) is 32.2 Å². The summed E-state index contributed by atoms with van der Waals surface area (Å²) >= 11 is 5.83. The van der Waals surface area contributed by atoms with E-state index in [4.69, 9.17) is 11.6 Å². The number of carbonyl (C=O) groups is 1. The molecule has 0 radical (unpaired) electrons. The number of carbonyl (C=O) groups excluding carboxylic acids is 1. The normalized spacial score (nSPS) is 11.5. The number of amides is 1. The number of hydrogen-bond acceptors (Lipinski definition) is 4. The number of halogens is 1. The SMILES string of the molecule is CC(C)NS(=O)(=O)Cc1ccc(CNC(=O)c2cc(Cl)ccc2O)cc1. The molecule has 0 aliphatic heterocycles. The zero-order valence-corrected chi connectivity index (χ0v) is 16.1. The molecular formula is C18H21ClN2O4S. The maximum absolute atomic E-state index is 12.1. The van der Waals surface area contributed by atoms with Crippen molar-refractivity contribution in [3.63, 3.8) is 0 Å². The van der Waals surface area contributed by atoms with Gasteiger partial charge in [0.1, 0.15) is 5.75 Å². The Labute approximate surface area is 158 Å². The van der Waals surface area contributed by atoms with Crippen molar-refractivity contribution in [3.8, 4) is 5.75 Å². The lowest BCUT2D eigenvalue weighted by molar-refractivity contribution is 0.0948. The number of benzene rings is 2. The van der Waals surface area contributed by atoms with E-state index in [1.807, 2.05) is 0 Å². The summed E-state index contributed by atoms with van der Waals surface area (Å²) in [5.74, 6) is -0.698. The van der Waals surface area contributed by atoms with E-state index in [1.54, 1.807) is 38.1 Å². The van der Waals surface area contributed by atoms with E-state index in [-0.39, 0.29) is 29.7 Å². The average Bonchev–Trinajstić information content (AvgIpc) is 2.54. The molecule has 0 bridgehead atoms. The lowest BCUT2D eigenvalue weighted by atomic mass is 10.1. The Morgan fingerprint density at radius 2 is 1.73 bits per heavy atom. The first-order chi connectivity index (χ1) is 12.2. The van der Waals surface area contributed by atoms with E-state index >= 15 is 0 Å². The second-order valence-corrected chi connectivity index (χ2v) is 8.38. The summed E-state index contributed by atoms with van der Waals surface area (Å²) in [7, 11) is -3.38. The third-order valence-electron chi connectivity index (χ3n) is 3.45. The molecule has 0 aliphatic carbocycles. The largest absolute Gasteiger partial charge is 0.507 e. The third kappa shape index (κ3) is 6.01. The van der Waals surface area contributed by atoms with E-state index in [0.717, 1.165) is 5.56 Å². The van der Waals surface area contributed by atoms with Gasteiger partial charge in [-0.2, -0.15) is 0 Å². The van der Waals surface area contributed by atoms with Crippen molar-refractivity contribution < 1.29 is 18.3 Å².